The number of nitrogens with zero attached hydrogens (tertiary/aromatic N) is 1. The van der Waals surface area contributed by atoms with Gasteiger partial charge in [-0.05, 0) is 14.0 Å². The fourth-order valence-electron chi connectivity index (χ4n) is 0.511. The van der Waals surface area contributed by atoms with Crippen LogP contribution in [0.5, 0.6) is 0 Å². The highest BCUT2D eigenvalue weighted by Gasteiger charge is 2.10. The fraction of sp³-hybridized carbons (Fsp3) is 0.833. The first kappa shape index (κ1) is 8.43. The van der Waals surface area contributed by atoms with Crippen LogP contribution in [0.1, 0.15) is 6.92 Å². The van der Waals surface area contributed by atoms with E-state index in [0.29, 0.717) is 0 Å². The van der Waals surface area contributed by atoms with Crippen LogP contribution in [0.4, 0.5) is 0 Å². The largest absolute Gasteiger partial charge is 0.347 e. The number of amides is 1. The molecule has 0 aromatic rings. The lowest BCUT2D eigenvalue weighted by Crippen LogP contribution is -2.39. The molecule has 0 rings (SSSR count). The molecule has 54 valence electrons. The summed E-state index contributed by atoms with van der Waals surface area (Å²) in [5.41, 5.74) is 0. The van der Waals surface area contributed by atoms with Crippen LogP contribution in [0, 0.1) is 0 Å². The Balaban J connectivity index is 3.73. The Hall–Kier alpha value is -0.570. The molecule has 0 aromatic carbocycles. The summed E-state index contributed by atoms with van der Waals surface area (Å²) in [5.74, 6) is 0.109. The minimum absolute atomic E-state index is 0.0694. The maximum Gasteiger partial charge on any atom is 0.238 e. The molecule has 0 heterocycles. The standard InChI is InChI=1S/C6H14N2O/c1-5(7-2)6(9)8(3)4/h5,7H,1-4H3/t5-/m1/s1. The van der Waals surface area contributed by atoms with E-state index in [-0.39, 0.29) is 11.9 Å². The van der Waals surface area contributed by atoms with Crippen molar-refractivity contribution in [2.24, 2.45) is 0 Å². The smallest absolute Gasteiger partial charge is 0.238 e. The second kappa shape index (κ2) is 3.45. The molecule has 0 aliphatic rings. The third-order valence-electron chi connectivity index (χ3n) is 1.24. The van der Waals surface area contributed by atoms with Gasteiger partial charge in [0.25, 0.3) is 0 Å². The molecule has 0 saturated carbocycles. The average molecular weight is 130 g/mol. The maximum atomic E-state index is 10.9. The molecule has 0 spiro atoms. The van der Waals surface area contributed by atoms with E-state index >= 15 is 0 Å². The molecule has 0 aliphatic carbocycles. The number of hydrogen-bond acceptors (Lipinski definition) is 2. The molecule has 0 fully saturated rings. The van der Waals surface area contributed by atoms with Crippen LogP contribution in [-0.2, 0) is 4.79 Å². The quantitative estimate of drug-likeness (QED) is 0.555. The van der Waals surface area contributed by atoms with E-state index in [4.69, 9.17) is 0 Å². The van der Waals surface area contributed by atoms with Crippen LogP contribution in [0.3, 0.4) is 0 Å². The molecule has 1 atom stereocenters. The zero-order valence-electron chi connectivity index (χ0n) is 6.43. The lowest BCUT2D eigenvalue weighted by Gasteiger charge is -2.15. The van der Waals surface area contributed by atoms with Crippen molar-refractivity contribution in [1.82, 2.24) is 10.2 Å². The lowest BCUT2D eigenvalue weighted by atomic mass is 10.3. The Morgan fingerprint density at radius 1 is 1.56 bits per heavy atom. The molecule has 9 heavy (non-hydrogen) atoms. The maximum absolute atomic E-state index is 10.9. The molecular formula is C6H14N2O. The molecule has 3 nitrogen and oxygen atoms in total. The number of carbonyl (C=O) groups excluding carboxylic acids is 1. The molecule has 3 heteroatoms. The van der Waals surface area contributed by atoms with Gasteiger partial charge in [-0.3, -0.25) is 4.79 Å². The fourth-order valence-corrected chi connectivity index (χ4v) is 0.511. The Morgan fingerprint density at radius 3 is 2.11 bits per heavy atom. The highest BCUT2D eigenvalue weighted by atomic mass is 16.2. The van der Waals surface area contributed by atoms with Crippen molar-refractivity contribution < 1.29 is 4.79 Å². The SMILES string of the molecule is CN[C@H](C)C(=O)N(C)C. The van der Waals surface area contributed by atoms with Gasteiger partial charge >= 0.3 is 0 Å². The van der Waals surface area contributed by atoms with Crippen LogP contribution in [-0.4, -0.2) is 38.0 Å². The predicted octanol–water partition coefficient (Wildman–Crippen LogP) is -0.317. The zero-order chi connectivity index (χ0) is 7.44. The van der Waals surface area contributed by atoms with Crippen molar-refractivity contribution in [1.29, 1.82) is 0 Å². The van der Waals surface area contributed by atoms with Crippen molar-refractivity contribution in [3.8, 4) is 0 Å². The number of carbonyl (C=O) groups is 1. The molecule has 0 unspecified atom stereocenters. The minimum atomic E-state index is -0.0694. The molecule has 0 radical (unpaired) electrons. The van der Waals surface area contributed by atoms with Crippen LogP contribution in [0.2, 0.25) is 0 Å². The summed E-state index contributed by atoms with van der Waals surface area (Å²) >= 11 is 0. The Labute approximate surface area is 56.0 Å². The van der Waals surface area contributed by atoms with Gasteiger partial charge in [0.1, 0.15) is 0 Å². The predicted molar refractivity (Wildman–Crippen MR) is 37.2 cm³/mol. The second-order valence-electron chi connectivity index (χ2n) is 2.24. The van der Waals surface area contributed by atoms with Crippen molar-refractivity contribution in [2.45, 2.75) is 13.0 Å². The van der Waals surface area contributed by atoms with E-state index < -0.39 is 0 Å². The molecule has 0 bridgehead atoms. The number of rotatable bonds is 2. The van der Waals surface area contributed by atoms with Crippen molar-refractivity contribution in [3.05, 3.63) is 0 Å². The lowest BCUT2D eigenvalue weighted by molar-refractivity contribution is -0.130. The van der Waals surface area contributed by atoms with Crippen LogP contribution in [0.25, 0.3) is 0 Å². The van der Waals surface area contributed by atoms with E-state index in [0.717, 1.165) is 0 Å². The Kier molecular flexibility index (Phi) is 3.24. The summed E-state index contributed by atoms with van der Waals surface area (Å²) in [6.45, 7) is 1.84. The zero-order valence-corrected chi connectivity index (χ0v) is 6.43. The molecule has 0 aromatic heterocycles. The van der Waals surface area contributed by atoms with Crippen LogP contribution >= 0.6 is 0 Å². The molecule has 0 aliphatic heterocycles. The first-order valence-electron chi connectivity index (χ1n) is 2.98. The summed E-state index contributed by atoms with van der Waals surface area (Å²) in [6.07, 6.45) is 0. The summed E-state index contributed by atoms with van der Waals surface area (Å²) in [7, 11) is 5.26. The van der Waals surface area contributed by atoms with E-state index in [9.17, 15) is 4.79 Å². The Bertz CT molecular complexity index is 101. The van der Waals surface area contributed by atoms with Gasteiger partial charge in [0, 0.05) is 14.1 Å². The summed E-state index contributed by atoms with van der Waals surface area (Å²) < 4.78 is 0. The van der Waals surface area contributed by atoms with Gasteiger partial charge in [0.15, 0.2) is 0 Å². The number of likely N-dealkylation sites (N-methyl/N-ethyl adjacent to an activating group) is 2. The molecular weight excluding hydrogens is 116 g/mol. The van der Waals surface area contributed by atoms with Gasteiger partial charge in [0.05, 0.1) is 6.04 Å². The van der Waals surface area contributed by atoms with Crippen LogP contribution in [0.15, 0.2) is 0 Å². The van der Waals surface area contributed by atoms with Gasteiger partial charge in [-0.15, -0.1) is 0 Å². The van der Waals surface area contributed by atoms with E-state index in [1.54, 1.807) is 26.0 Å². The van der Waals surface area contributed by atoms with Gasteiger partial charge in [-0.1, -0.05) is 0 Å². The van der Waals surface area contributed by atoms with Gasteiger partial charge in [0.2, 0.25) is 5.91 Å². The number of hydrogen-bond donors (Lipinski definition) is 1. The van der Waals surface area contributed by atoms with E-state index in [2.05, 4.69) is 5.32 Å². The first-order chi connectivity index (χ1) is 4.09. The number of nitrogens with one attached hydrogen (secondary N) is 1. The van der Waals surface area contributed by atoms with Gasteiger partial charge < -0.3 is 10.2 Å². The van der Waals surface area contributed by atoms with Gasteiger partial charge in [-0.2, -0.15) is 0 Å². The topological polar surface area (TPSA) is 32.3 Å². The third kappa shape index (κ3) is 2.46. The van der Waals surface area contributed by atoms with E-state index in [1.165, 1.54) is 0 Å². The highest BCUT2D eigenvalue weighted by molar-refractivity contribution is 5.80. The second-order valence-corrected chi connectivity index (χ2v) is 2.24. The molecule has 1 N–H and O–H groups in total. The van der Waals surface area contributed by atoms with Crippen LogP contribution < -0.4 is 5.32 Å². The summed E-state index contributed by atoms with van der Waals surface area (Å²) in [6, 6.07) is -0.0694. The first-order valence-corrected chi connectivity index (χ1v) is 2.98. The monoisotopic (exact) mass is 130 g/mol. The van der Waals surface area contributed by atoms with Crippen molar-refractivity contribution >= 4 is 5.91 Å². The summed E-state index contributed by atoms with van der Waals surface area (Å²) in [5, 5.41) is 2.85. The molecule has 1 amide bonds. The normalized spacial score (nSPS) is 12.9. The van der Waals surface area contributed by atoms with E-state index in [1.807, 2.05) is 6.92 Å². The average Bonchev–Trinajstić information content (AvgIpc) is 1.84. The van der Waals surface area contributed by atoms with Crippen molar-refractivity contribution in [2.75, 3.05) is 21.1 Å². The van der Waals surface area contributed by atoms with Crippen molar-refractivity contribution in [3.63, 3.8) is 0 Å². The molecule has 0 saturated heterocycles. The third-order valence-corrected chi connectivity index (χ3v) is 1.24. The highest BCUT2D eigenvalue weighted by Crippen LogP contribution is 1.85. The van der Waals surface area contributed by atoms with Gasteiger partial charge in [-0.25, -0.2) is 0 Å². The minimum Gasteiger partial charge on any atom is -0.347 e. The summed E-state index contributed by atoms with van der Waals surface area (Å²) in [4.78, 5) is 12.5. The Morgan fingerprint density at radius 2 is 2.00 bits per heavy atom.